The molecule has 0 amide bonds. The van der Waals surface area contributed by atoms with Crippen LogP contribution in [0.4, 0.5) is 0 Å². The molecule has 1 aromatic carbocycles. The number of hydrogen-bond acceptors (Lipinski definition) is 4. The molecule has 0 saturated carbocycles. The van der Waals surface area contributed by atoms with Crippen molar-refractivity contribution in [1.82, 2.24) is 14.2 Å². The normalized spacial score (nSPS) is 11.3. The maximum atomic E-state index is 12.5. The zero-order valence-electron chi connectivity index (χ0n) is 11.5. The number of hydrogen-bond donors (Lipinski definition) is 1. The second kappa shape index (κ2) is 4.64. The molecule has 0 atom stereocenters. The third kappa shape index (κ3) is 1.77. The minimum Gasteiger partial charge on any atom is -0.497 e. The summed E-state index contributed by atoms with van der Waals surface area (Å²) >= 11 is 0. The Labute approximate surface area is 115 Å². The van der Waals surface area contributed by atoms with Gasteiger partial charge in [0.05, 0.1) is 19.2 Å². The van der Waals surface area contributed by atoms with Crippen LogP contribution >= 0.6 is 0 Å². The molecule has 0 unspecified atom stereocenters. The van der Waals surface area contributed by atoms with Crippen LogP contribution in [0.1, 0.15) is 5.56 Å². The SMILES string of the molecule is COc1ccc2cc(C)c3nn(CCN)c(=O)n3c2c1. The van der Waals surface area contributed by atoms with Gasteiger partial charge in [-0.2, -0.15) is 0 Å². The summed E-state index contributed by atoms with van der Waals surface area (Å²) < 4.78 is 8.25. The molecule has 6 nitrogen and oxygen atoms in total. The average molecular weight is 272 g/mol. The summed E-state index contributed by atoms with van der Waals surface area (Å²) in [5.74, 6) is 0.709. The van der Waals surface area contributed by atoms with E-state index in [0.29, 0.717) is 24.5 Å². The zero-order chi connectivity index (χ0) is 14.3. The Kier molecular flexibility index (Phi) is 2.94. The summed E-state index contributed by atoms with van der Waals surface area (Å²) in [6, 6.07) is 7.68. The van der Waals surface area contributed by atoms with Crippen molar-refractivity contribution >= 4 is 16.6 Å². The number of rotatable bonds is 3. The third-order valence-electron chi connectivity index (χ3n) is 3.38. The van der Waals surface area contributed by atoms with Crippen LogP contribution in [0.15, 0.2) is 29.1 Å². The minimum atomic E-state index is -0.174. The van der Waals surface area contributed by atoms with Gasteiger partial charge in [-0.15, -0.1) is 5.10 Å². The van der Waals surface area contributed by atoms with E-state index >= 15 is 0 Å². The van der Waals surface area contributed by atoms with Crippen LogP contribution < -0.4 is 16.2 Å². The fraction of sp³-hybridized carbons (Fsp3) is 0.286. The Morgan fingerprint density at radius 1 is 1.35 bits per heavy atom. The molecule has 2 aromatic heterocycles. The van der Waals surface area contributed by atoms with E-state index < -0.39 is 0 Å². The number of nitrogens with zero attached hydrogens (tertiary/aromatic N) is 3. The molecule has 0 radical (unpaired) electrons. The molecule has 2 heterocycles. The minimum absolute atomic E-state index is 0.174. The first-order valence-corrected chi connectivity index (χ1v) is 6.42. The predicted octanol–water partition coefficient (Wildman–Crippen LogP) is 0.925. The van der Waals surface area contributed by atoms with Crippen molar-refractivity contribution in [1.29, 1.82) is 0 Å². The van der Waals surface area contributed by atoms with Gasteiger partial charge >= 0.3 is 5.69 Å². The number of benzene rings is 1. The molecule has 2 N–H and O–H groups in total. The lowest BCUT2D eigenvalue weighted by molar-refractivity contribution is 0.415. The largest absolute Gasteiger partial charge is 0.497 e. The number of pyridine rings is 1. The van der Waals surface area contributed by atoms with Crippen molar-refractivity contribution in [2.45, 2.75) is 13.5 Å². The van der Waals surface area contributed by atoms with E-state index in [1.54, 1.807) is 11.5 Å². The summed E-state index contributed by atoms with van der Waals surface area (Å²) in [6.07, 6.45) is 0. The smallest absolute Gasteiger partial charge is 0.350 e. The second-order valence-electron chi connectivity index (χ2n) is 4.71. The van der Waals surface area contributed by atoms with Crippen molar-refractivity contribution in [3.8, 4) is 5.75 Å². The first kappa shape index (κ1) is 12.7. The molecule has 0 aliphatic carbocycles. The highest BCUT2D eigenvalue weighted by molar-refractivity contribution is 5.84. The summed E-state index contributed by atoms with van der Waals surface area (Å²) in [4.78, 5) is 12.5. The Morgan fingerprint density at radius 2 is 2.15 bits per heavy atom. The monoisotopic (exact) mass is 272 g/mol. The lowest BCUT2D eigenvalue weighted by Gasteiger charge is -2.05. The van der Waals surface area contributed by atoms with Crippen LogP contribution in [-0.4, -0.2) is 27.8 Å². The molecule has 20 heavy (non-hydrogen) atoms. The summed E-state index contributed by atoms with van der Waals surface area (Å²) in [6.45, 7) is 2.73. The zero-order valence-corrected chi connectivity index (χ0v) is 11.5. The number of methoxy groups -OCH3 is 1. The van der Waals surface area contributed by atoms with Crippen LogP contribution in [0.25, 0.3) is 16.6 Å². The summed E-state index contributed by atoms with van der Waals surface area (Å²) in [7, 11) is 1.60. The van der Waals surface area contributed by atoms with Crippen molar-refractivity contribution in [2.75, 3.05) is 13.7 Å². The molecule has 3 aromatic rings. The Morgan fingerprint density at radius 3 is 2.85 bits per heavy atom. The number of aryl methyl sites for hydroxylation is 1. The maximum absolute atomic E-state index is 12.5. The lowest BCUT2D eigenvalue weighted by Crippen LogP contribution is -2.24. The van der Waals surface area contributed by atoms with Gasteiger partial charge in [0.2, 0.25) is 0 Å². The van der Waals surface area contributed by atoms with Gasteiger partial charge in [0.15, 0.2) is 5.65 Å². The van der Waals surface area contributed by atoms with Gasteiger partial charge < -0.3 is 10.5 Å². The first-order valence-electron chi connectivity index (χ1n) is 6.42. The van der Waals surface area contributed by atoms with E-state index in [4.69, 9.17) is 10.5 Å². The topological polar surface area (TPSA) is 74.5 Å². The number of nitrogens with two attached hydrogens (primary N) is 1. The molecule has 0 aliphatic heterocycles. The van der Waals surface area contributed by atoms with Gasteiger partial charge in [-0.05, 0) is 36.1 Å². The molecule has 104 valence electrons. The molecule has 0 bridgehead atoms. The first-order chi connectivity index (χ1) is 9.65. The van der Waals surface area contributed by atoms with E-state index in [1.807, 2.05) is 31.2 Å². The molecule has 6 heteroatoms. The average Bonchev–Trinajstić information content (AvgIpc) is 2.78. The van der Waals surface area contributed by atoms with Crippen molar-refractivity contribution in [3.63, 3.8) is 0 Å². The fourth-order valence-corrected chi connectivity index (χ4v) is 2.41. The highest BCUT2D eigenvalue weighted by Crippen LogP contribution is 2.23. The molecular formula is C14H16N4O2. The molecule has 3 rings (SSSR count). The molecule has 0 aliphatic rings. The maximum Gasteiger partial charge on any atom is 0.350 e. The van der Waals surface area contributed by atoms with Crippen LogP contribution in [0.5, 0.6) is 5.75 Å². The van der Waals surface area contributed by atoms with Crippen LogP contribution in [-0.2, 0) is 6.54 Å². The summed E-state index contributed by atoms with van der Waals surface area (Å²) in [5.41, 5.74) is 7.75. The van der Waals surface area contributed by atoms with Gasteiger partial charge in [0.25, 0.3) is 0 Å². The molecular weight excluding hydrogens is 256 g/mol. The standard InChI is InChI=1S/C14H16N4O2/c1-9-7-10-3-4-11(20-2)8-12(10)18-13(9)16-17(6-5-15)14(18)19/h3-4,7-8H,5-6,15H2,1-2H3. The number of ether oxygens (including phenoxy) is 1. The van der Waals surface area contributed by atoms with E-state index in [-0.39, 0.29) is 5.69 Å². The molecule has 0 fully saturated rings. The van der Waals surface area contributed by atoms with Crippen LogP contribution in [0.3, 0.4) is 0 Å². The van der Waals surface area contributed by atoms with Gasteiger partial charge in [-0.1, -0.05) is 0 Å². The van der Waals surface area contributed by atoms with Crippen LogP contribution in [0, 0.1) is 6.92 Å². The van der Waals surface area contributed by atoms with Crippen molar-refractivity contribution in [3.05, 3.63) is 40.3 Å². The Hall–Kier alpha value is -2.34. The fourth-order valence-electron chi connectivity index (χ4n) is 2.41. The van der Waals surface area contributed by atoms with Gasteiger partial charge in [-0.25, -0.2) is 13.9 Å². The van der Waals surface area contributed by atoms with Crippen molar-refractivity contribution in [2.24, 2.45) is 5.73 Å². The number of fused-ring (bicyclic) bond motifs is 3. The molecule has 0 saturated heterocycles. The van der Waals surface area contributed by atoms with E-state index in [9.17, 15) is 4.79 Å². The highest BCUT2D eigenvalue weighted by atomic mass is 16.5. The lowest BCUT2D eigenvalue weighted by atomic mass is 10.1. The van der Waals surface area contributed by atoms with Gasteiger partial charge in [0, 0.05) is 12.6 Å². The van der Waals surface area contributed by atoms with E-state index in [1.165, 1.54) is 4.68 Å². The molecule has 0 spiro atoms. The van der Waals surface area contributed by atoms with Gasteiger partial charge in [-0.3, -0.25) is 0 Å². The van der Waals surface area contributed by atoms with E-state index in [2.05, 4.69) is 5.10 Å². The van der Waals surface area contributed by atoms with E-state index in [0.717, 1.165) is 16.5 Å². The predicted molar refractivity (Wildman–Crippen MR) is 77.3 cm³/mol. The van der Waals surface area contributed by atoms with Gasteiger partial charge in [0.1, 0.15) is 5.75 Å². The summed E-state index contributed by atoms with van der Waals surface area (Å²) in [5, 5.41) is 5.33. The van der Waals surface area contributed by atoms with Crippen molar-refractivity contribution < 1.29 is 4.74 Å². The van der Waals surface area contributed by atoms with Crippen LogP contribution in [0.2, 0.25) is 0 Å². The quantitative estimate of drug-likeness (QED) is 0.769. The third-order valence-corrected chi connectivity index (χ3v) is 3.38. The Bertz CT molecular complexity index is 848. The second-order valence-corrected chi connectivity index (χ2v) is 4.71. The highest BCUT2D eigenvalue weighted by Gasteiger charge is 2.12. The Balaban J connectivity index is 2.46. The number of aromatic nitrogens is 3.